The van der Waals surface area contributed by atoms with Gasteiger partial charge in [-0.25, -0.2) is 0 Å². The summed E-state index contributed by atoms with van der Waals surface area (Å²) in [6.45, 7) is 6.48. The Morgan fingerprint density at radius 1 is 1.44 bits per heavy atom. The third kappa shape index (κ3) is 3.29. The Bertz CT molecular complexity index is 392. The first kappa shape index (κ1) is 14.6. The summed E-state index contributed by atoms with van der Waals surface area (Å²) >= 11 is 0. The molecule has 1 heterocycles. The first-order valence-corrected chi connectivity index (χ1v) is 6.39. The summed E-state index contributed by atoms with van der Waals surface area (Å²) in [7, 11) is 0. The lowest BCUT2D eigenvalue weighted by Gasteiger charge is -2.29. The average Bonchev–Trinajstić information content (AvgIpc) is 2.41. The zero-order valence-corrected chi connectivity index (χ0v) is 11.4. The number of hydrogen-bond donors (Lipinski definition) is 2. The number of carbonyl (C=O) groups is 1. The molecule has 1 amide bonds. The number of nitrogens with zero attached hydrogens (tertiary/aromatic N) is 1. The number of carbonyl (C=O) groups excluding carboxylic acids is 1. The van der Waals surface area contributed by atoms with Crippen LogP contribution in [-0.2, 0) is 0 Å². The van der Waals surface area contributed by atoms with Crippen molar-refractivity contribution in [1.82, 2.24) is 10.3 Å². The molecule has 0 aromatic carbocycles. The summed E-state index contributed by atoms with van der Waals surface area (Å²) < 4.78 is 0. The Morgan fingerprint density at radius 2 is 2.11 bits per heavy atom. The Kier molecular flexibility index (Phi) is 5.28. The highest BCUT2D eigenvalue weighted by atomic mass is 16.3. The molecule has 0 spiro atoms. The number of hydrogen-bond acceptors (Lipinski definition) is 3. The molecule has 0 aliphatic heterocycles. The smallest absolute Gasteiger partial charge is 0.270 e. The third-order valence-electron chi connectivity index (χ3n) is 3.68. The van der Waals surface area contributed by atoms with Gasteiger partial charge in [0.25, 0.3) is 5.91 Å². The van der Waals surface area contributed by atoms with Gasteiger partial charge in [-0.3, -0.25) is 9.78 Å². The van der Waals surface area contributed by atoms with Crippen molar-refractivity contribution in [3.63, 3.8) is 0 Å². The van der Waals surface area contributed by atoms with E-state index in [4.69, 9.17) is 0 Å². The number of amides is 1. The molecule has 0 radical (unpaired) electrons. The van der Waals surface area contributed by atoms with Crippen LogP contribution >= 0.6 is 0 Å². The molecule has 2 N–H and O–H groups in total. The predicted octanol–water partition coefficient (Wildman–Crippen LogP) is 1.92. The quantitative estimate of drug-likeness (QED) is 0.810. The van der Waals surface area contributed by atoms with Crippen molar-refractivity contribution in [3.8, 4) is 0 Å². The minimum atomic E-state index is -0.224. The van der Waals surface area contributed by atoms with Gasteiger partial charge >= 0.3 is 0 Å². The highest BCUT2D eigenvalue weighted by Gasteiger charge is 2.26. The van der Waals surface area contributed by atoms with Crippen LogP contribution in [0.1, 0.15) is 42.7 Å². The van der Waals surface area contributed by atoms with E-state index in [0.29, 0.717) is 12.2 Å². The monoisotopic (exact) mass is 250 g/mol. The van der Waals surface area contributed by atoms with Crippen molar-refractivity contribution in [2.24, 2.45) is 5.41 Å². The second-order valence-corrected chi connectivity index (χ2v) is 4.72. The van der Waals surface area contributed by atoms with Gasteiger partial charge < -0.3 is 10.4 Å². The standard InChI is InChI=1S/C14H22N2O2/c1-4-14(5-2,10-17)9-16-13(18)12-11(3)7-6-8-15-12/h6-8,17H,4-5,9-10H2,1-3H3,(H,16,18). The Morgan fingerprint density at radius 3 is 2.61 bits per heavy atom. The fraction of sp³-hybridized carbons (Fsp3) is 0.571. The van der Waals surface area contributed by atoms with E-state index in [0.717, 1.165) is 18.4 Å². The molecule has 0 aliphatic rings. The molecular weight excluding hydrogens is 228 g/mol. The molecule has 4 nitrogen and oxygen atoms in total. The van der Waals surface area contributed by atoms with E-state index >= 15 is 0 Å². The molecule has 1 aromatic rings. The van der Waals surface area contributed by atoms with E-state index < -0.39 is 0 Å². The summed E-state index contributed by atoms with van der Waals surface area (Å²) in [5.41, 5.74) is 1.09. The van der Waals surface area contributed by atoms with E-state index in [1.807, 2.05) is 32.9 Å². The topological polar surface area (TPSA) is 62.2 Å². The first-order chi connectivity index (χ1) is 8.58. The van der Waals surface area contributed by atoms with Crippen molar-refractivity contribution in [2.45, 2.75) is 33.6 Å². The number of aryl methyl sites for hydroxylation is 1. The summed E-state index contributed by atoms with van der Waals surface area (Å²) in [4.78, 5) is 16.1. The summed E-state index contributed by atoms with van der Waals surface area (Å²) in [5, 5.41) is 12.3. The van der Waals surface area contributed by atoms with Crippen LogP contribution in [0.2, 0.25) is 0 Å². The fourth-order valence-corrected chi connectivity index (χ4v) is 1.85. The maximum absolute atomic E-state index is 12.0. The lowest BCUT2D eigenvalue weighted by Crippen LogP contribution is -2.39. The molecule has 0 aliphatic carbocycles. The highest BCUT2D eigenvalue weighted by Crippen LogP contribution is 2.24. The number of aliphatic hydroxyl groups is 1. The maximum Gasteiger partial charge on any atom is 0.270 e. The second-order valence-electron chi connectivity index (χ2n) is 4.72. The lowest BCUT2D eigenvalue weighted by atomic mass is 9.83. The molecule has 0 bridgehead atoms. The van der Waals surface area contributed by atoms with Crippen molar-refractivity contribution < 1.29 is 9.90 Å². The van der Waals surface area contributed by atoms with Crippen LogP contribution in [0.3, 0.4) is 0 Å². The van der Waals surface area contributed by atoms with E-state index in [9.17, 15) is 9.90 Å². The zero-order valence-electron chi connectivity index (χ0n) is 11.4. The van der Waals surface area contributed by atoms with Crippen LogP contribution in [0, 0.1) is 12.3 Å². The van der Waals surface area contributed by atoms with Crippen molar-refractivity contribution in [1.29, 1.82) is 0 Å². The third-order valence-corrected chi connectivity index (χ3v) is 3.68. The molecule has 4 heteroatoms. The largest absolute Gasteiger partial charge is 0.396 e. The zero-order chi connectivity index (χ0) is 13.6. The van der Waals surface area contributed by atoms with E-state index in [2.05, 4.69) is 10.3 Å². The Hall–Kier alpha value is -1.42. The predicted molar refractivity (Wildman–Crippen MR) is 71.4 cm³/mol. The molecule has 0 atom stereocenters. The summed E-state index contributed by atoms with van der Waals surface area (Å²) in [6.07, 6.45) is 3.28. The number of rotatable bonds is 6. The number of pyridine rings is 1. The Labute approximate surface area is 108 Å². The van der Waals surface area contributed by atoms with Gasteiger partial charge in [0.15, 0.2) is 0 Å². The normalized spacial score (nSPS) is 11.3. The van der Waals surface area contributed by atoms with Crippen molar-refractivity contribution in [2.75, 3.05) is 13.2 Å². The molecule has 0 unspecified atom stereocenters. The van der Waals surface area contributed by atoms with Crippen LogP contribution < -0.4 is 5.32 Å². The fourth-order valence-electron chi connectivity index (χ4n) is 1.85. The Balaban J connectivity index is 2.69. The molecule has 100 valence electrons. The summed E-state index contributed by atoms with van der Waals surface area (Å²) in [6, 6.07) is 3.67. The molecule has 1 aromatic heterocycles. The van der Waals surface area contributed by atoms with Gasteiger partial charge in [0.1, 0.15) is 5.69 Å². The number of nitrogens with one attached hydrogen (secondary N) is 1. The van der Waals surface area contributed by atoms with Gasteiger partial charge in [-0.15, -0.1) is 0 Å². The number of aromatic nitrogens is 1. The minimum absolute atomic E-state index is 0.0848. The van der Waals surface area contributed by atoms with Crippen LogP contribution in [0.25, 0.3) is 0 Å². The first-order valence-electron chi connectivity index (χ1n) is 6.39. The molecular formula is C14H22N2O2. The second kappa shape index (κ2) is 6.50. The minimum Gasteiger partial charge on any atom is -0.396 e. The average molecular weight is 250 g/mol. The van der Waals surface area contributed by atoms with Gasteiger partial charge in [0.2, 0.25) is 0 Å². The van der Waals surface area contributed by atoms with E-state index in [-0.39, 0.29) is 17.9 Å². The number of aliphatic hydroxyl groups excluding tert-OH is 1. The van der Waals surface area contributed by atoms with Gasteiger partial charge in [0.05, 0.1) is 6.61 Å². The maximum atomic E-state index is 12.0. The van der Waals surface area contributed by atoms with Gasteiger partial charge in [-0.2, -0.15) is 0 Å². The SMILES string of the molecule is CCC(CC)(CO)CNC(=O)c1ncccc1C. The molecule has 1 rings (SSSR count). The molecule has 18 heavy (non-hydrogen) atoms. The van der Waals surface area contributed by atoms with Crippen molar-refractivity contribution >= 4 is 5.91 Å². The highest BCUT2D eigenvalue weighted by molar-refractivity contribution is 5.93. The van der Waals surface area contributed by atoms with Gasteiger partial charge in [-0.1, -0.05) is 19.9 Å². The molecule has 0 fully saturated rings. The van der Waals surface area contributed by atoms with Crippen LogP contribution in [0.5, 0.6) is 0 Å². The van der Waals surface area contributed by atoms with Crippen LogP contribution in [0.4, 0.5) is 0 Å². The van der Waals surface area contributed by atoms with Crippen LogP contribution in [-0.4, -0.2) is 29.1 Å². The summed E-state index contributed by atoms with van der Waals surface area (Å²) in [5.74, 6) is -0.173. The van der Waals surface area contributed by atoms with Crippen LogP contribution in [0.15, 0.2) is 18.3 Å². The van der Waals surface area contributed by atoms with E-state index in [1.165, 1.54) is 0 Å². The van der Waals surface area contributed by atoms with Crippen molar-refractivity contribution in [3.05, 3.63) is 29.6 Å². The lowest BCUT2D eigenvalue weighted by molar-refractivity contribution is 0.0846. The van der Waals surface area contributed by atoms with E-state index in [1.54, 1.807) is 6.20 Å². The molecule has 0 saturated carbocycles. The van der Waals surface area contributed by atoms with Gasteiger partial charge in [-0.05, 0) is 31.4 Å². The molecule has 0 saturated heterocycles. The van der Waals surface area contributed by atoms with Gasteiger partial charge in [0, 0.05) is 18.2 Å².